The molecule has 2 aromatic rings. The van der Waals surface area contributed by atoms with Crippen molar-refractivity contribution in [2.24, 2.45) is 10.7 Å². The summed E-state index contributed by atoms with van der Waals surface area (Å²) in [5, 5.41) is 2.85. The SMILES string of the molecule is CN1C(=O)CC(c2cccc(NC(=O)c3ccccc3)c2)N=C1N. The Hall–Kier alpha value is -3.15. The van der Waals surface area contributed by atoms with Crippen LogP contribution in [0.25, 0.3) is 0 Å². The first-order chi connectivity index (χ1) is 11.5. The number of nitrogens with two attached hydrogens (primary N) is 1. The van der Waals surface area contributed by atoms with Gasteiger partial charge in [-0.1, -0.05) is 30.3 Å². The Labute approximate surface area is 140 Å². The van der Waals surface area contributed by atoms with Crippen LogP contribution in [0, 0.1) is 0 Å². The second-order valence-corrected chi connectivity index (χ2v) is 5.61. The molecule has 24 heavy (non-hydrogen) atoms. The van der Waals surface area contributed by atoms with E-state index < -0.39 is 0 Å². The average Bonchev–Trinajstić information content (AvgIpc) is 2.60. The molecular weight excluding hydrogens is 304 g/mol. The number of carbonyl (C=O) groups excluding carboxylic acids is 2. The van der Waals surface area contributed by atoms with Crippen LogP contribution in [-0.4, -0.2) is 29.7 Å². The summed E-state index contributed by atoms with van der Waals surface area (Å²) in [5.41, 5.74) is 7.85. The van der Waals surface area contributed by atoms with Gasteiger partial charge < -0.3 is 11.1 Å². The zero-order chi connectivity index (χ0) is 17.1. The van der Waals surface area contributed by atoms with Crippen molar-refractivity contribution in [2.45, 2.75) is 12.5 Å². The normalized spacial score (nSPS) is 17.4. The number of rotatable bonds is 3. The molecule has 0 bridgehead atoms. The lowest BCUT2D eigenvalue weighted by molar-refractivity contribution is -0.127. The van der Waals surface area contributed by atoms with Crippen LogP contribution in [0.2, 0.25) is 0 Å². The molecule has 0 spiro atoms. The highest BCUT2D eigenvalue weighted by molar-refractivity contribution is 6.04. The van der Waals surface area contributed by atoms with Crippen LogP contribution in [0.15, 0.2) is 59.6 Å². The highest BCUT2D eigenvalue weighted by atomic mass is 16.2. The van der Waals surface area contributed by atoms with E-state index in [1.807, 2.05) is 36.4 Å². The second-order valence-electron chi connectivity index (χ2n) is 5.61. The van der Waals surface area contributed by atoms with Crippen molar-refractivity contribution in [3.8, 4) is 0 Å². The third kappa shape index (κ3) is 3.27. The van der Waals surface area contributed by atoms with E-state index >= 15 is 0 Å². The van der Waals surface area contributed by atoms with Gasteiger partial charge in [-0.3, -0.25) is 14.5 Å². The van der Waals surface area contributed by atoms with Gasteiger partial charge in [0.05, 0.1) is 12.5 Å². The molecule has 6 heteroatoms. The Morgan fingerprint density at radius 1 is 1.21 bits per heavy atom. The van der Waals surface area contributed by atoms with Crippen LogP contribution >= 0.6 is 0 Å². The fourth-order valence-corrected chi connectivity index (χ4v) is 2.53. The number of hydrogen-bond acceptors (Lipinski definition) is 4. The van der Waals surface area contributed by atoms with Gasteiger partial charge in [-0.15, -0.1) is 0 Å². The van der Waals surface area contributed by atoms with Gasteiger partial charge in [0.25, 0.3) is 5.91 Å². The fraction of sp³-hybridized carbons (Fsp3) is 0.167. The van der Waals surface area contributed by atoms with Gasteiger partial charge in [-0.05, 0) is 29.8 Å². The maximum absolute atomic E-state index is 12.2. The van der Waals surface area contributed by atoms with Gasteiger partial charge in [0.1, 0.15) is 0 Å². The summed E-state index contributed by atoms with van der Waals surface area (Å²) in [6.45, 7) is 0. The molecule has 2 amide bonds. The maximum atomic E-state index is 12.2. The average molecular weight is 322 g/mol. The van der Waals surface area contributed by atoms with Gasteiger partial charge in [0.15, 0.2) is 5.96 Å². The standard InChI is InChI=1S/C18H18N4O2/c1-22-16(23)11-15(21-18(22)19)13-8-5-9-14(10-13)20-17(24)12-6-3-2-4-7-12/h2-10,15H,11H2,1H3,(H2,19,21)(H,20,24). The zero-order valence-electron chi connectivity index (χ0n) is 13.3. The molecule has 1 heterocycles. The highest BCUT2D eigenvalue weighted by Crippen LogP contribution is 2.27. The molecule has 6 nitrogen and oxygen atoms in total. The van der Waals surface area contributed by atoms with E-state index in [1.165, 1.54) is 4.90 Å². The Balaban J connectivity index is 1.80. The van der Waals surface area contributed by atoms with E-state index in [4.69, 9.17) is 5.73 Å². The van der Waals surface area contributed by atoms with Gasteiger partial charge >= 0.3 is 0 Å². The van der Waals surface area contributed by atoms with Crippen molar-refractivity contribution in [3.63, 3.8) is 0 Å². The summed E-state index contributed by atoms with van der Waals surface area (Å²) in [4.78, 5) is 29.9. The number of nitrogens with zero attached hydrogens (tertiary/aromatic N) is 2. The third-order valence-corrected chi connectivity index (χ3v) is 3.94. The number of anilines is 1. The van der Waals surface area contributed by atoms with E-state index in [0.717, 1.165) is 5.56 Å². The Kier molecular flexibility index (Phi) is 4.29. The molecule has 0 aromatic heterocycles. The molecule has 122 valence electrons. The number of guanidine groups is 1. The summed E-state index contributed by atoms with van der Waals surface area (Å²) in [6.07, 6.45) is 0.257. The minimum atomic E-state index is -0.331. The van der Waals surface area contributed by atoms with Crippen molar-refractivity contribution < 1.29 is 9.59 Å². The molecule has 3 N–H and O–H groups in total. The van der Waals surface area contributed by atoms with Gasteiger partial charge in [0.2, 0.25) is 5.91 Å². The summed E-state index contributed by atoms with van der Waals surface area (Å²) in [7, 11) is 1.61. The van der Waals surface area contributed by atoms with Crippen molar-refractivity contribution in [1.29, 1.82) is 0 Å². The van der Waals surface area contributed by atoms with Crippen molar-refractivity contribution in [2.75, 3.05) is 12.4 Å². The van der Waals surface area contributed by atoms with Crippen LogP contribution in [0.3, 0.4) is 0 Å². The predicted molar refractivity (Wildman–Crippen MR) is 92.6 cm³/mol. The van der Waals surface area contributed by atoms with Gasteiger partial charge in [0, 0.05) is 18.3 Å². The topological polar surface area (TPSA) is 87.8 Å². The van der Waals surface area contributed by atoms with Crippen LogP contribution in [0.5, 0.6) is 0 Å². The largest absolute Gasteiger partial charge is 0.369 e. The Morgan fingerprint density at radius 2 is 1.96 bits per heavy atom. The lowest BCUT2D eigenvalue weighted by Gasteiger charge is -2.25. The van der Waals surface area contributed by atoms with Crippen LogP contribution in [0.1, 0.15) is 28.4 Å². The number of benzene rings is 2. The predicted octanol–water partition coefficient (Wildman–Crippen LogP) is 2.16. The molecule has 0 saturated carbocycles. The molecule has 1 aliphatic rings. The van der Waals surface area contributed by atoms with Gasteiger partial charge in [-0.2, -0.15) is 0 Å². The second kappa shape index (κ2) is 6.54. The minimum Gasteiger partial charge on any atom is -0.369 e. The van der Waals surface area contributed by atoms with Crippen LogP contribution in [-0.2, 0) is 4.79 Å². The smallest absolute Gasteiger partial charge is 0.255 e. The number of aliphatic imine (C=N–C) groups is 1. The fourth-order valence-electron chi connectivity index (χ4n) is 2.53. The van der Waals surface area contributed by atoms with E-state index in [2.05, 4.69) is 10.3 Å². The van der Waals surface area contributed by atoms with E-state index in [-0.39, 0.29) is 30.2 Å². The first-order valence-electron chi connectivity index (χ1n) is 7.61. The zero-order valence-corrected chi connectivity index (χ0v) is 13.3. The monoisotopic (exact) mass is 322 g/mol. The number of carbonyl (C=O) groups is 2. The summed E-state index contributed by atoms with van der Waals surface area (Å²) in [5.74, 6) is -0.0589. The van der Waals surface area contributed by atoms with E-state index in [0.29, 0.717) is 11.3 Å². The summed E-state index contributed by atoms with van der Waals surface area (Å²) in [6, 6.07) is 16.0. The molecule has 1 unspecified atom stereocenters. The quantitative estimate of drug-likeness (QED) is 0.907. The first-order valence-corrected chi connectivity index (χ1v) is 7.61. The molecule has 0 radical (unpaired) electrons. The molecule has 0 saturated heterocycles. The molecule has 1 atom stereocenters. The van der Waals surface area contributed by atoms with Crippen molar-refractivity contribution in [3.05, 3.63) is 65.7 Å². The number of amides is 2. The Morgan fingerprint density at radius 3 is 2.67 bits per heavy atom. The van der Waals surface area contributed by atoms with E-state index in [9.17, 15) is 9.59 Å². The van der Waals surface area contributed by atoms with Crippen molar-refractivity contribution in [1.82, 2.24) is 4.90 Å². The highest BCUT2D eigenvalue weighted by Gasteiger charge is 2.25. The Bertz CT molecular complexity index is 802. The first kappa shape index (κ1) is 15.7. The molecule has 1 aliphatic heterocycles. The molecule has 0 fully saturated rings. The molecule has 2 aromatic carbocycles. The maximum Gasteiger partial charge on any atom is 0.255 e. The van der Waals surface area contributed by atoms with Crippen LogP contribution < -0.4 is 11.1 Å². The van der Waals surface area contributed by atoms with E-state index in [1.54, 1.807) is 25.2 Å². The lowest BCUT2D eigenvalue weighted by Crippen LogP contribution is -2.42. The minimum absolute atomic E-state index is 0.0776. The van der Waals surface area contributed by atoms with Gasteiger partial charge in [-0.25, -0.2) is 4.99 Å². The van der Waals surface area contributed by atoms with Crippen LogP contribution in [0.4, 0.5) is 5.69 Å². The third-order valence-electron chi connectivity index (χ3n) is 3.94. The van der Waals surface area contributed by atoms with Crippen molar-refractivity contribution >= 4 is 23.5 Å². The summed E-state index contributed by atoms with van der Waals surface area (Å²) >= 11 is 0. The molecule has 0 aliphatic carbocycles. The summed E-state index contributed by atoms with van der Waals surface area (Å²) < 4.78 is 0. The number of hydrogen-bond donors (Lipinski definition) is 2. The molecular formula is C18H18N4O2. The lowest BCUT2D eigenvalue weighted by atomic mass is 10.0. The molecule has 3 rings (SSSR count). The number of nitrogens with one attached hydrogen (secondary N) is 1.